The molecule has 1 N–H and O–H groups in total. The van der Waals surface area contributed by atoms with Crippen LogP contribution < -0.4 is 19.5 Å². The highest BCUT2D eigenvalue weighted by Gasteiger charge is 2.16. The topological polar surface area (TPSA) is 69.7 Å². The van der Waals surface area contributed by atoms with Gasteiger partial charge in [-0.1, -0.05) is 45.0 Å². The van der Waals surface area contributed by atoms with Crippen molar-refractivity contribution in [1.29, 1.82) is 0 Å². The Labute approximate surface area is 187 Å². The number of nitrogens with one attached hydrogen (secondary N) is 1. The van der Waals surface area contributed by atoms with Crippen LogP contribution in [0, 0.1) is 0 Å². The monoisotopic (exact) mass is 440 g/mol. The second-order valence-electron chi connectivity index (χ2n) is 8.12. The van der Waals surface area contributed by atoms with Crippen LogP contribution in [0.2, 0.25) is 0 Å². The third-order valence-corrected chi connectivity index (χ3v) is 5.64. The Morgan fingerprint density at radius 3 is 2.13 bits per heavy atom. The maximum Gasteiger partial charge on any atom is 0.230 e. The van der Waals surface area contributed by atoms with E-state index in [1.54, 1.807) is 33.5 Å². The summed E-state index contributed by atoms with van der Waals surface area (Å²) in [4.78, 5) is 17.1. The summed E-state index contributed by atoms with van der Waals surface area (Å²) in [6.45, 7) is 6.56. The van der Waals surface area contributed by atoms with E-state index in [0.29, 0.717) is 22.4 Å². The van der Waals surface area contributed by atoms with Crippen molar-refractivity contribution in [3.05, 3.63) is 52.9 Å². The number of carbonyl (C=O) groups is 1. The first-order chi connectivity index (χ1) is 14.7. The van der Waals surface area contributed by atoms with Crippen LogP contribution in [0.4, 0.5) is 5.13 Å². The first kappa shape index (κ1) is 22.6. The molecule has 0 fully saturated rings. The molecule has 0 radical (unpaired) electrons. The third-order valence-electron chi connectivity index (χ3n) is 4.89. The van der Waals surface area contributed by atoms with E-state index >= 15 is 0 Å². The first-order valence-corrected chi connectivity index (χ1v) is 10.8. The molecule has 1 amide bonds. The van der Waals surface area contributed by atoms with Crippen LogP contribution in [-0.2, 0) is 16.6 Å². The van der Waals surface area contributed by atoms with Gasteiger partial charge in [-0.15, -0.1) is 11.3 Å². The predicted octanol–water partition coefficient (Wildman–Crippen LogP) is 5.31. The lowest BCUT2D eigenvalue weighted by Crippen LogP contribution is -2.14. The van der Waals surface area contributed by atoms with Crippen LogP contribution in [0.5, 0.6) is 17.2 Å². The maximum atomic E-state index is 12.6. The zero-order chi connectivity index (χ0) is 22.6. The van der Waals surface area contributed by atoms with Gasteiger partial charge in [-0.25, -0.2) is 4.98 Å². The van der Waals surface area contributed by atoms with Crippen molar-refractivity contribution >= 4 is 22.4 Å². The van der Waals surface area contributed by atoms with E-state index in [-0.39, 0.29) is 17.7 Å². The fourth-order valence-corrected chi connectivity index (χ4v) is 3.93. The van der Waals surface area contributed by atoms with Crippen LogP contribution >= 0.6 is 11.3 Å². The molecule has 0 aliphatic rings. The molecule has 0 aliphatic heterocycles. The summed E-state index contributed by atoms with van der Waals surface area (Å²) >= 11 is 1.40. The molecule has 6 nitrogen and oxygen atoms in total. The van der Waals surface area contributed by atoms with Crippen molar-refractivity contribution in [3.8, 4) is 28.5 Å². The third kappa shape index (κ3) is 5.35. The fraction of sp³-hybridized carbons (Fsp3) is 0.333. The minimum Gasteiger partial charge on any atom is -0.493 e. The SMILES string of the molecule is COc1cc(CC(=O)Nc2nc(-c3ccc(C(C)(C)C)cc3)cs2)cc(OC)c1OC. The number of methoxy groups -OCH3 is 3. The van der Waals surface area contributed by atoms with Crippen LogP contribution in [0.15, 0.2) is 41.8 Å². The summed E-state index contributed by atoms with van der Waals surface area (Å²) in [6.07, 6.45) is 0.159. The van der Waals surface area contributed by atoms with Crippen molar-refractivity contribution in [1.82, 2.24) is 4.98 Å². The molecule has 0 bridgehead atoms. The van der Waals surface area contributed by atoms with Gasteiger partial charge in [0.15, 0.2) is 16.6 Å². The number of amides is 1. The molecule has 0 spiro atoms. The Balaban J connectivity index is 1.70. The Morgan fingerprint density at radius 2 is 1.61 bits per heavy atom. The molecule has 1 heterocycles. The van der Waals surface area contributed by atoms with Crippen molar-refractivity contribution in [3.63, 3.8) is 0 Å². The van der Waals surface area contributed by atoms with E-state index in [1.807, 2.05) is 5.38 Å². The highest BCUT2D eigenvalue weighted by atomic mass is 32.1. The summed E-state index contributed by atoms with van der Waals surface area (Å²) in [7, 11) is 4.64. The molecule has 2 aromatic carbocycles. The molecule has 0 aliphatic carbocycles. The number of ether oxygens (including phenoxy) is 3. The zero-order valence-corrected chi connectivity index (χ0v) is 19.6. The van der Waals surface area contributed by atoms with Gasteiger partial charge in [0.05, 0.1) is 33.4 Å². The van der Waals surface area contributed by atoms with Crippen LogP contribution in [0.1, 0.15) is 31.9 Å². The number of nitrogens with zero attached hydrogens (tertiary/aromatic N) is 1. The lowest BCUT2D eigenvalue weighted by Gasteiger charge is -2.18. The Kier molecular flexibility index (Phi) is 6.85. The number of anilines is 1. The number of hydrogen-bond donors (Lipinski definition) is 1. The summed E-state index contributed by atoms with van der Waals surface area (Å²) in [5.41, 5.74) is 3.99. The minimum atomic E-state index is -0.168. The van der Waals surface area contributed by atoms with Gasteiger partial charge in [0, 0.05) is 10.9 Å². The summed E-state index contributed by atoms with van der Waals surface area (Å²) < 4.78 is 16.0. The van der Waals surface area contributed by atoms with Gasteiger partial charge in [0.2, 0.25) is 11.7 Å². The summed E-state index contributed by atoms with van der Waals surface area (Å²) in [6, 6.07) is 11.9. The summed E-state index contributed by atoms with van der Waals surface area (Å²) in [5, 5.41) is 5.38. The Bertz CT molecular complexity index is 1030. The maximum absolute atomic E-state index is 12.6. The van der Waals surface area contributed by atoms with Crippen LogP contribution in [0.3, 0.4) is 0 Å². The molecule has 0 unspecified atom stereocenters. The minimum absolute atomic E-state index is 0.104. The van der Waals surface area contributed by atoms with Crippen molar-refractivity contribution in [2.75, 3.05) is 26.6 Å². The second kappa shape index (κ2) is 9.39. The zero-order valence-electron chi connectivity index (χ0n) is 18.7. The van der Waals surface area contributed by atoms with Gasteiger partial charge in [0.1, 0.15) is 0 Å². The highest BCUT2D eigenvalue weighted by Crippen LogP contribution is 2.38. The van der Waals surface area contributed by atoms with Crippen molar-refractivity contribution in [2.24, 2.45) is 0 Å². The molecule has 1 aromatic heterocycles. The van der Waals surface area contributed by atoms with Gasteiger partial charge in [-0.3, -0.25) is 4.79 Å². The van der Waals surface area contributed by atoms with Gasteiger partial charge < -0.3 is 19.5 Å². The van der Waals surface area contributed by atoms with E-state index in [9.17, 15) is 4.79 Å². The molecular formula is C24H28N2O4S. The quantitative estimate of drug-likeness (QED) is 0.539. The van der Waals surface area contributed by atoms with Gasteiger partial charge in [-0.2, -0.15) is 0 Å². The average molecular weight is 441 g/mol. The van der Waals surface area contributed by atoms with E-state index < -0.39 is 0 Å². The van der Waals surface area contributed by atoms with E-state index in [4.69, 9.17) is 14.2 Å². The lowest BCUT2D eigenvalue weighted by atomic mass is 9.86. The van der Waals surface area contributed by atoms with Gasteiger partial charge in [-0.05, 0) is 28.7 Å². The van der Waals surface area contributed by atoms with Crippen molar-refractivity contribution in [2.45, 2.75) is 32.6 Å². The van der Waals surface area contributed by atoms with Crippen LogP contribution in [-0.4, -0.2) is 32.2 Å². The largest absolute Gasteiger partial charge is 0.493 e. The fourth-order valence-electron chi connectivity index (χ4n) is 3.19. The molecule has 0 saturated carbocycles. The molecule has 31 heavy (non-hydrogen) atoms. The van der Waals surface area contributed by atoms with E-state index in [1.165, 1.54) is 16.9 Å². The first-order valence-electron chi connectivity index (χ1n) is 9.90. The van der Waals surface area contributed by atoms with Crippen LogP contribution in [0.25, 0.3) is 11.3 Å². The Morgan fingerprint density at radius 1 is 1.00 bits per heavy atom. The van der Waals surface area contributed by atoms with Gasteiger partial charge in [0.25, 0.3) is 0 Å². The molecule has 7 heteroatoms. The number of thiazole rings is 1. The molecule has 0 saturated heterocycles. The normalized spacial score (nSPS) is 11.2. The number of aromatic nitrogens is 1. The second-order valence-corrected chi connectivity index (χ2v) is 8.98. The number of carbonyl (C=O) groups excluding carboxylic acids is 1. The smallest absolute Gasteiger partial charge is 0.230 e. The predicted molar refractivity (Wildman–Crippen MR) is 125 cm³/mol. The lowest BCUT2D eigenvalue weighted by molar-refractivity contribution is -0.115. The molecule has 164 valence electrons. The average Bonchev–Trinajstić information content (AvgIpc) is 3.20. The molecule has 3 aromatic rings. The molecule has 3 rings (SSSR count). The standard InChI is InChI=1S/C24H28N2O4S/c1-24(2,3)17-9-7-16(8-10-17)18-14-31-23(25-18)26-21(27)13-15-11-19(28-4)22(30-6)20(12-15)29-5/h7-12,14H,13H2,1-6H3,(H,25,26,27). The van der Waals surface area contributed by atoms with E-state index in [0.717, 1.165) is 16.8 Å². The van der Waals surface area contributed by atoms with Gasteiger partial charge >= 0.3 is 0 Å². The van der Waals surface area contributed by atoms with Crippen molar-refractivity contribution < 1.29 is 19.0 Å². The number of benzene rings is 2. The highest BCUT2D eigenvalue weighted by molar-refractivity contribution is 7.14. The Hall–Kier alpha value is -3.06. The number of rotatable bonds is 7. The van der Waals surface area contributed by atoms with E-state index in [2.05, 4.69) is 55.3 Å². The molecular weight excluding hydrogens is 412 g/mol. The molecule has 0 atom stereocenters. The number of hydrogen-bond acceptors (Lipinski definition) is 6. The summed E-state index contributed by atoms with van der Waals surface area (Å²) in [5.74, 6) is 1.36.